The van der Waals surface area contributed by atoms with Gasteiger partial charge in [0.15, 0.2) is 0 Å². The molecular formula is C28H19NO. The number of hydrogen-bond donors (Lipinski definition) is 1. The second-order valence-corrected chi connectivity index (χ2v) is 7.51. The molecule has 2 heteroatoms. The molecule has 0 saturated heterocycles. The first kappa shape index (κ1) is 16.9. The van der Waals surface area contributed by atoms with Crippen LogP contribution in [0, 0.1) is 0 Å². The van der Waals surface area contributed by atoms with Crippen LogP contribution in [0.2, 0.25) is 0 Å². The van der Waals surface area contributed by atoms with Crippen LogP contribution >= 0.6 is 0 Å². The average molecular weight is 385 g/mol. The van der Waals surface area contributed by atoms with Crippen molar-refractivity contribution in [2.75, 3.05) is 5.32 Å². The fourth-order valence-corrected chi connectivity index (χ4v) is 4.28. The molecule has 1 aromatic heterocycles. The van der Waals surface area contributed by atoms with Gasteiger partial charge in [0.2, 0.25) is 0 Å². The van der Waals surface area contributed by atoms with E-state index in [2.05, 4.69) is 84.2 Å². The summed E-state index contributed by atoms with van der Waals surface area (Å²) < 4.78 is 6.20. The Hall–Kier alpha value is -4.04. The Labute approximate surface area is 174 Å². The maximum absolute atomic E-state index is 6.20. The van der Waals surface area contributed by atoms with Crippen LogP contribution in [-0.4, -0.2) is 0 Å². The average Bonchev–Trinajstić information content (AvgIpc) is 3.18. The Morgan fingerprint density at radius 3 is 2.20 bits per heavy atom. The van der Waals surface area contributed by atoms with Gasteiger partial charge in [-0.25, -0.2) is 0 Å². The van der Waals surface area contributed by atoms with E-state index in [4.69, 9.17) is 4.42 Å². The van der Waals surface area contributed by atoms with Gasteiger partial charge in [0.25, 0.3) is 0 Å². The Morgan fingerprint density at radius 1 is 0.500 bits per heavy atom. The van der Waals surface area contributed by atoms with Crippen LogP contribution in [-0.2, 0) is 0 Å². The molecule has 0 bridgehead atoms. The van der Waals surface area contributed by atoms with E-state index in [-0.39, 0.29) is 0 Å². The lowest BCUT2D eigenvalue weighted by molar-refractivity contribution is 0.669. The Kier molecular flexibility index (Phi) is 3.82. The van der Waals surface area contributed by atoms with Crippen LogP contribution in [0.5, 0.6) is 0 Å². The van der Waals surface area contributed by atoms with Crippen LogP contribution in [0.1, 0.15) is 0 Å². The molecule has 1 heterocycles. The van der Waals surface area contributed by atoms with Crippen molar-refractivity contribution in [3.05, 3.63) is 109 Å². The van der Waals surface area contributed by atoms with Crippen molar-refractivity contribution in [2.24, 2.45) is 0 Å². The third-order valence-corrected chi connectivity index (χ3v) is 5.64. The van der Waals surface area contributed by atoms with Gasteiger partial charge in [0.05, 0.1) is 0 Å². The number of hydrogen-bond acceptors (Lipinski definition) is 2. The normalized spacial score (nSPS) is 11.3. The maximum atomic E-state index is 6.20. The van der Waals surface area contributed by atoms with E-state index in [1.807, 2.05) is 30.3 Å². The SMILES string of the molecule is c1ccc(Nc2ccc3oc4cccc(-c5cccc6ccccc56)c4c3c2)cc1. The molecule has 0 amide bonds. The van der Waals surface area contributed by atoms with Crippen LogP contribution in [0.15, 0.2) is 114 Å². The Balaban J connectivity index is 1.59. The van der Waals surface area contributed by atoms with E-state index in [0.29, 0.717) is 0 Å². The van der Waals surface area contributed by atoms with Crippen LogP contribution < -0.4 is 5.32 Å². The van der Waals surface area contributed by atoms with Gasteiger partial charge in [-0.15, -0.1) is 0 Å². The van der Waals surface area contributed by atoms with E-state index in [0.717, 1.165) is 33.3 Å². The molecule has 0 radical (unpaired) electrons. The maximum Gasteiger partial charge on any atom is 0.136 e. The van der Waals surface area contributed by atoms with Crippen molar-refractivity contribution in [1.82, 2.24) is 0 Å². The summed E-state index contributed by atoms with van der Waals surface area (Å²) in [5.74, 6) is 0. The summed E-state index contributed by atoms with van der Waals surface area (Å²) in [6, 6.07) is 37.9. The molecule has 5 aromatic carbocycles. The third kappa shape index (κ3) is 2.73. The van der Waals surface area contributed by atoms with E-state index in [1.165, 1.54) is 21.9 Å². The van der Waals surface area contributed by atoms with Gasteiger partial charge >= 0.3 is 0 Å². The minimum atomic E-state index is 0.899. The number of furan rings is 1. The van der Waals surface area contributed by atoms with Gasteiger partial charge in [-0.2, -0.15) is 0 Å². The molecule has 0 unspecified atom stereocenters. The van der Waals surface area contributed by atoms with Crippen molar-refractivity contribution >= 4 is 44.1 Å². The van der Waals surface area contributed by atoms with Crippen molar-refractivity contribution in [1.29, 1.82) is 0 Å². The highest BCUT2D eigenvalue weighted by atomic mass is 16.3. The second kappa shape index (κ2) is 6.78. The number of nitrogens with one attached hydrogen (secondary N) is 1. The molecule has 6 aromatic rings. The zero-order valence-electron chi connectivity index (χ0n) is 16.3. The van der Waals surface area contributed by atoms with Crippen molar-refractivity contribution < 1.29 is 4.42 Å². The first-order valence-electron chi connectivity index (χ1n) is 10.1. The fourth-order valence-electron chi connectivity index (χ4n) is 4.28. The third-order valence-electron chi connectivity index (χ3n) is 5.64. The fraction of sp³-hybridized carbons (Fsp3) is 0. The molecule has 0 aliphatic heterocycles. The molecule has 30 heavy (non-hydrogen) atoms. The zero-order chi connectivity index (χ0) is 19.9. The monoisotopic (exact) mass is 385 g/mol. The lowest BCUT2D eigenvalue weighted by Gasteiger charge is -2.09. The first-order chi connectivity index (χ1) is 14.9. The van der Waals surface area contributed by atoms with Gasteiger partial charge < -0.3 is 9.73 Å². The highest BCUT2D eigenvalue weighted by molar-refractivity contribution is 6.15. The summed E-state index contributed by atoms with van der Waals surface area (Å²) in [5.41, 5.74) is 6.34. The van der Waals surface area contributed by atoms with Crippen molar-refractivity contribution in [3.8, 4) is 11.1 Å². The van der Waals surface area contributed by atoms with Gasteiger partial charge in [0.1, 0.15) is 11.2 Å². The molecule has 0 aliphatic rings. The predicted molar refractivity (Wildman–Crippen MR) is 126 cm³/mol. The van der Waals surface area contributed by atoms with Gasteiger partial charge in [-0.1, -0.05) is 72.8 Å². The number of anilines is 2. The lowest BCUT2D eigenvalue weighted by Crippen LogP contribution is -1.89. The number of benzene rings is 5. The quantitative estimate of drug-likeness (QED) is 0.332. The van der Waals surface area contributed by atoms with E-state index in [9.17, 15) is 0 Å². The summed E-state index contributed by atoms with van der Waals surface area (Å²) in [4.78, 5) is 0. The molecule has 0 atom stereocenters. The Morgan fingerprint density at radius 2 is 1.27 bits per heavy atom. The van der Waals surface area contributed by atoms with Gasteiger partial charge in [0, 0.05) is 22.1 Å². The topological polar surface area (TPSA) is 25.2 Å². The minimum Gasteiger partial charge on any atom is -0.456 e. The van der Waals surface area contributed by atoms with Crippen molar-refractivity contribution in [2.45, 2.75) is 0 Å². The molecule has 0 aliphatic carbocycles. The van der Waals surface area contributed by atoms with Gasteiger partial charge in [-0.3, -0.25) is 0 Å². The highest BCUT2D eigenvalue weighted by Gasteiger charge is 2.14. The zero-order valence-corrected chi connectivity index (χ0v) is 16.3. The first-order valence-corrected chi connectivity index (χ1v) is 10.1. The largest absolute Gasteiger partial charge is 0.456 e. The minimum absolute atomic E-state index is 0.899. The second-order valence-electron chi connectivity index (χ2n) is 7.51. The summed E-state index contributed by atoms with van der Waals surface area (Å²) >= 11 is 0. The molecule has 142 valence electrons. The number of fused-ring (bicyclic) bond motifs is 4. The molecular weight excluding hydrogens is 366 g/mol. The molecule has 0 fully saturated rings. The summed E-state index contributed by atoms with van der Waals surface area (Å²) in [7, 11) is 0. The Bertz CT molecular complexity index is 1510. The molecule has 0 spiro atoms. The summed E-state index contributed by atoms with van der Waals surface area (Å²) in [6.45, 7) is 0. The van der Waals surface area contributed by atoms with E-state index < -0.39 is 0 Å². The molecule has 2 nitrogen and oxygen atoms in total. The van der Waals surface area contributed by atoms with Crippen LogP contribution in [0.25, 0.3) is 43.8 Å². The predicted octanol–water partition coefficient (Wildman–Crippen LogP) is 8.15. The van der Waals surface area contributed by atoms with Crippen LogP contribution in [0.3, 0.4) is 0 Å². The highest BCUT2D eigenvalue weighted by Crippen LogP contribution is 2.40. The number of para-hydroxylation sites is 1. The molecule has 1 N–H and O–H groups in total. The van der Waals surface area contributed by atoms with Gasteiger partial charge in [-0.05, 0) is 58.3 Å². The summed E-state index contributed by atoms with van der Waals surface area (Å²) in [6.07, 6.45) is 0. The summed E-state index contributed by atoms with van der Waals surface area (Å²) in [5, 5.41) is 8.26. The molecule has 0 saturated carbocycles. The number of rotatable bonds is 3. The van der Waals surface area contributed by atoms with E-state index in [1.54, 1.807) is 0 Å². The molecule has 6 rings (SSSR count). The smallest absolute Gasteiger partial charge is 0.136 e. The lowest BCUT2D eigenvalue weighted by atomic mass is 9.94. The van der Waals surface area contributed by atoms with E-state index >= 15 is 0 Å². The van der Waals surface area contributed by atoms with Crippen LogP contribution in [0.4, 0.5) is 11.4 Å². The standard InChI is InChI=1S/C28H19NO/c1-2-10-20(11-3-1)29-21-16-17-26-25(18-21)28-24(14-7-15-27(28)30-26)23-13-6-9-19-8-4-5-12-22(19)23/h1-18,29H. The van der Waals surface area contributed by atoms with Crippen molar-refractivity contribution in [3.63, 3.8) is 0 Å².